The van der Waals surface area contributed by atoms with Gasteiger partial charge in [-0.05, 0) is 63.0 Å². The number of alkyl halides is 3. The molecule has 1 unspecified atom stereocenters. The molecule has 5 heteroatoms. The molecule has 0 aliphatic carbocycles. The fourth-order valence-electron chi connectivity index (χ4n) is 2.83. The molecule has 1 aromatic carbocycles. The number of halogens is 3. The normalized spacial score (nSPS) is 21.0. The van der Waals surface area contributed by atoms with Crippen LogP contribution in [0.2, 0.25) is 0 Å². The fraction of sp³-hybridized carbons (Fsp3) is 0.625. The number of anilines is 1. The molecule has 1 fully saturated rings. The lowest BCUT2D eigenvalue weighted by molar-refractivity contribution is -0.137. The molecule has 21 heavy (non-hydrogen) atoms. The van der Waals surface area contributed by atoms with E-state index in [1.807, 2.05) is 0 Å². The van der Waals surface area contributed by atoms with Gasteiger partial charge in [0.05, 0.1) is 5.56 Å². The molecule has 0 amide bonds. The summed E-state index contributed by atoms with van der Waals surface area (Å²) in [6.45, 7) is 5.50. The number of benzene rings is 1. The topological polar surface area (TPSA) is 15.3 Å². The number of hydrogen-bond donors (Lipinski definition) is 1. The molecule has 1 atom stereocenters. The summed E-state index contributed by atoms with van der Waals surface area (Å²) in [5.74, 6) is 0. The average Bonchev–Trinajstić information content (AvgIpc) is 2.65. The Kier molecular flexibility index (Phi) is 5.51. The number of rotatable bonds is 4. The smallest absolute Gasteiger partial charge is 0.382 e. The summed E-state index contributed by atoms with van der Waals surface area (Å²) in [7, 11) is 0. The third-order valence-corrected chi connectivity index (χ3v) is 3.94. The van der Waals surface area contributed by atoms with Crippen LogP contribution >= 0.6 is 0 Å². The third-order valence-electron chi connectivity index (χ3n) is 3.94. The van der Waals surface area contributed by atoms with Crippen LogP contribution in [0, 0.1) is 0 Å². The van der Waals surface area contributed by atoms with Gasteiger partial charge < -0.3 is 10.2 Å². The molecule has 2 nitrogen and oxygen atoms in total. The first kappa shape index (κ1) is 16.1. The number of nitrogens with one attached hydrogen (secondary N) is 1. The maximum absolute atomic E-state index is 12.5. The van der Waals surface area contributed by atoms with Crippen molar-refractivity contribution >= 4 is 5.69 Å². The van der Waals surface area contributed by atoms with E-state index in [0.29, 0.717) is 6.04 Å². The monoisotopic (exact) mass is 300 g/mol. The van der Waals surface area contributed by atoms with Crippen molar-refractivity contribution in [2.75, 3.05) is 25.0 Å². The van der Waals surface area contributed by atoms with Crippen LogP contribution in [0.25, 0.3) is 0 Å². The van der Waals surface area contributed by atoms with Crippen molar-refractivity contribution < 1.29 is 13.2 Å². The zero-order valence-corrected chi connectivity index (χ0v) is 12.4. The van der Waals surface area contributed by atoms with Gasteiger partial charge in [0.15, 0.2) is 0 Å². The highest BCUT2D eigenvalue weighted by molar-refractivity contribution is 5.46. The lowest BCUT2D eigenvalue weighted by Gasteiger charge is -2.20. The maximum Gasteiger partial charge on any atom is 0.416 e. The van der Waals surface area contributed by atoms with E-state index < -0.39 is 11.7 Å². The molecular formula is C16H23F3N2. The number of hydrogen-bond acceptors (Lipinski definition) is 2. The van der Waals surface area contributed by atoms with E-state index in [2.05, 4.69) is 17.1 Å². The Morgan fingerprint density at radius 3 is 2.48 bits per heavy atom. The van der Waals surface area contributed by atoms with Gasteiger partial charge in [-0.3, -0.25) is 0 Å². The van der Waals surface area contributed by atoms with E-state index in [1.54, 1.807) is 0 Å². The first-order valence-corrected chi connectivity index (χ1v) is 7.65. The van der Waals surface area contributed by atoms with Crippen molar-refractivity contribution in [3.05, 3.63) is 29.8 Å². The van der Waals surface area contributed by atoms with Gasteiger partial charge in [-0.2, -0.15) is 13.2 Å². The van der Waals surface area contributed by atoms with Gasteiger partial charge in [0, 0.05) is 18.3 Å². The Morgan fingerprint density at radius 2 is 1.86 bits per heavy atom. The Labute approximate surface area is 124 Å². The summed E-state index contributed by atoms with van der Waals surface area (Å²) < 4.78 is 37.6. The number of likely N-dealkylation sites (tertiary alicyclic amines) is 1. The highest BCUT2D eigenvalue weighted by Gasteiger charge is 2.30. The Morgan fingerprint density at radius 1 is 1.14 bits per heavy atom. The van der Waals surface area contributed by atoms with E-state index in [4.69, 9.17) is 0 Å². The van der Waals surface area contributed by atoms with Crippen molar-refractivity contribution in [2.24, 2.45) is 0 Å². The van der Waals surface area contributed by atoms with Crippen LogP contribution in [0.5, 0.6) is 0 Å². The Bertz CT molecular complexity index is 428. The van der Waals surface area contributed by atoms with Crippen LogP contribution in [0.3, 0.4) is 0 Å². The molecule has 0 aromatic heterocycles. The molecule has 1 aromatic rings. The largest absolute Gasteiger partial charge is 0.416 e. The summed E-state index contributed by atoms with van der Waals surface area (Å²) >= 11 is 0. The Balaban J connectivity index is 1.89. The van der Waals surface area contributed by atoms with Gasteiger partial charge in [-0.25, -0.2) is 0 Å². The fourth-order valence-corrected chi connectivity index (χ4v) is 2.83. The second kappa shape index (κ2) is 7.16. The van der Waals surface area contributed by atoms with Crippen LogP contribution < -0.4 is 5.32 Å². The predicted octanol–water partition coefficient (Wildman–Crippen LogP) is 4.38. The molecule has 1 aliphatic heterocycles. The average molecular weight is 300 g/mol. The van der Waals surface area contributed by atoms with Crippen LogP contribution in [-0.4, -0.2) is 30.6 Å². The van der Waals surface area contributed by atoms with E-state index in [-0.39, 0.29) is 0 Å². The van der Waals surface area contributed by atoms with Crippen LogP contribution in [0.15, 0.2) is 24.3 Å². The quantitative estimate of drug-likeness (QED) is 0.887. The van der Waals surface area contributed by atoms with Gasteiger partial charge in [-0.15, -0.1) is 0 Å². The molecule has 2 rings (SSSR count). The van der Waals surface area contributed by atoms with E-state index in [9.17, 15) is 13.2 Å². The molecule has 0 radical (unpaired) electrons. The van der Waals surface area contributed by atoms with Crippen LogP contribution in [0.1, 0.15) is 38.2 Å². The predicted molar refractivity (Wildman–Crippen MR) is 79.4 cm³/mol. The lowest BCUT2D eigenvalue weighted by atomic mass is 10.1. The Hall–Kier alpha value is -1.23. The lowest BCUT2D eigenvalue weighted by Crippen LogP contribution is -2.27. The zero-order valence-electron chi connectivity index (χ0n) is 12.4. The third kappa shape index (κ3) is 4.92. The van der Waals surface area contributed by atoms with Crippen molar-refractivity contribution in [2.45, 2.75) is 44.8 Å². The maximum atomic E-state index is 12.5. The highest BCUT2D eigenvalue weighted by Crippen LogP contribution is 2.30. The molecule has 0 saturated carbocycles. The summed E-state index contributed by atoms with van der Waals surface area (Å²) in [4.78, 5) is 2.47. The first-order valence-electron chi connectivity index (χ1n) is 7.65. The van der Waals surface area contributed by atoms with Crippen LogP contribution in [0.4, 0.5) is 18.9 Å². The first-order chi connectivity index (χ1) is 9.99. The van der Waals surface area contributed by atoms with E-state index in [0.717, 1.165) is 63.1 Å². The minimum absolute atomic E-state index is 0.351. The van der Waals surface area contributed by atoms with Crippen molar-refractivity contribution in [3.8, 4) is 0 Å². The van der Waals surface area contributed by atoms with E-state index in [1.165, 1.54) is 12.1 Å². The summed E-state index contributed by atoms with van der Waals surface area (Å²) in [5.41, 5.74) is 0.181. The minimum Gasteiger partial charge on any atom is -0.382 e. The molecule has 0 bridgehead atoms. The second-order valence-corrected chi connectivity index (χ2v) is 5.69. The summed E-state index contributed by atoms with van der Waals surface area (Å²) in [6, 6.07) is 5.68. The highest BCUT2D eigenvalue weighted by atomic mass is 19.4. The molecule has 1 heterocycles. The van der Waals surface area contributed by atoms with Crippen molar-refractivity contribution in [3.63, 3.8) is 0 Å². The van der Waals surface area contributed by atoms with Gasteiger partial charge in [0.25, 0.3) is 0 Å². The zero-order chi connectivity index (χ0) is 15.3. The van der Waals surface area contributed by atoms with Gasteiger partial charge in [0.2, 0.25) is 0 Å². The molecule has 0 spiro atoms. The molecule has 1 saturated heterocycles. The minimum atomic E-state index is -4.26. The SMILES string of the molecule is CCCN1CCCC(Nc2ccc(C(F)(F)F)cc2)CC1. The van der Waals surface area contributed by atoms with Crippen LogP contribution in [-0.2, 0) is 6.18 Å². The van der Waals surface area contributed by atoms with Crippen molar-refractivity contribution in [1.29, 1.82) is 0 Å². The molecule has 1 aliphatic rings. The molecular weight excluding hydrogens is 277 g/mol. The van der Waals surface area contributed by atoms with E-state index >= 15 is 0 Å². The van der Waals surface area contributed by atoms with Gasteiger partial charge >= 0.3 is 6.18 Å². The van der Waals surface area contributed by atoms with Gasteiger partial charge in [-0.1, -0.05) is 6.92 Å². The van der Waals surface area contributed by atoms with Crippen molar-refractivity contribution in [1.82, 2.24) is 4.90 Å². The summed E-state index contributed by atoms with van der Waals surface area (Å²) in [6.07, 6.45) is 0.152. The second-order valence-electron chi connectivity index (χ2n) is 5.69. The number of nitrogens with zero attached hydrogens (tertiary/aromatic N) is 1. The summed E-state index contributed by atoms with van der Waals surface area (Å²) in [5, 5.41) is 3.37. The molecule has 1 N–H and O–H groups in total. The molecule has 118 valence electrons. The standard InChI is InChI=1S/C16H23F3N2/c1-2-10-21-11-3-4-14(9-12-21)20-15-7-5-13(6-8-15)16(17,18)19/h5-8,14,20H,2-4,9-12H2,1H3. The van der Waals surface area contributed by atoms with Gasteiger partial charge in [0.1, 0.15) is 0 Å².